The Morgan fingerprint density at radius 1 is 1.29 bits per heavy atom. The summed E-state index contributed by atoms with van der Waals surface area (Å²) in [6.45, 7) is 2.47. The van der Waals surface area contributed by atoms with Gasteiger partial charge in [-0.05, 0) is 36.8 Å². The molecule has 0 saturated carbocycles. The number of benzene rings is 2. The van der Waals surface area contributed by atoms with E-state index < -0.39 is 5.97 Å². The quantitative estimate of drug-likeness (QED) is 0.686. The second-order valence-electron chi connectivity index (χ2n) is 4.91. The molecule has 1 aromatic heterocycles. The van der Waals surface area contributed by atoms with E-state index in [0.29, 0.717) is 12.2 Å². The van der Waals surface area contributed by atoms with E-state index in [9.17, 15) is 4.79 Å². The van der Waals surface area contributed by atoms with Gasteiger partial charge in [0, 0.05) is 5.69 Å². The molecule has 5 nitrogen and oxygen atoms in total. The SMILES string of the molecule is Cc1ccc2nc(CNc3ccccc3C(=O)O)[nH]c2c1. The maximum Gasteiger partial charge on any atom is 0.337 e. The molecule has 1 heterocycles. The summed E-state index contributed by atoms with van der Waals surface area (Å²) in [5.74, 6) is -0.172. The van der Waals surface area contributed by atoms with Crippen LogP contribution in [0.4, 0.5) is 5.69 Å². The zero-order valence-electron chi connectivity index (χ0n) is 11.6. The van der Waals surface area contributed by atoms with Gasteiger partial charge in [-0.3, -0.25) is 0 Å². The van der Waals surface area contributed by atoms with Gasteiger partial charge in [0.2, 0.25) is 0 Å². The predicted octanol–water partition coefficient (Wildman–Crippen LogP) is 3.18. The van der Waals surface area contributed by atoms with Gasteiger partial charge >= 0.3 is 5.97 Å². The maximum absolute atomic E-state index is 11.1. The van der Waals surface area contributed by atoms with Crippen molar-refractivity contribution in [2.24, 2.45) is 0 Å². The summed E-state index contributed by atoms with van der Waals surface area (Å²) in [6.07, 6.45) is 0. The van der Waals surface area contributed by atoms with E-state index in [1.54, 1.807) is 24.3 Å². The van der Waals surface area contributed by atoms with Crippen molar-refractivity contribution >= 4 is 22.7 Å². The van der Waals surface area contributed by atoms with Gasteiger partial charge in [-0.15, -0.1) is 0 Å². The van der Waals surface area contributed by atoms with Crippen molar-refractivity contribution in [3.63, 3.8) is 0 Å². The van der Waals surface area contributed by atoms with E-state index in [1.165, 1.54) is 5.56 Å². The first kappa shape index (κ1) is 13.2. The molecule has 0 amide bonds. The number of fused-ring (bicyclic) bond motifs is 1. The smallest absolute Gasteiger partial charge is 0.337 e. The van der Waals surface area contributed by atoms with Crippen molar-refractivity contribution in [2.75, 3.05) is 5.32 Å². The Labute approximate surface area is 121 Å². The monoisotopic (exact) mass is 281 g/mol. The number of anilines is 1. The zero-order valence-corrected chi connectivity index (χ0v) is 11.6. The lowest BCUT2D eigenvalue weighted by molar-refractivity contribution is 0.0698. The Kier molecular flexibility index (Phi) is 3.31. The molecule has 3 aromatic rings. The number of carboxylic acids is 1. The molecule has 0 unspecified atom stereocenters. The molecule has 2 aromatic carbocycles. The minimum atomic E-state index is -0.946. The highest BCUT2D eigenvalue weighted by Gasteiger charge is 2.09. The number of rotatable bonds is 4. The second-order valence-corrected chi connectivity index (χ2v) is 4.91. The number of imidazole rings is 1. The van der Waals surface area contributed by atoms with Crippen molar-refractivity contribution in [1.82, 2.24) is 9.97 Å². The number of carbonyl (C=O) groups is 1. The molecule has 0 atom stereocenters. The fraction of sp³-hybridized carbons (Fsp3) is 0.125. The van der Waals surface area contributed by atoms with E-state index in [4.69, 9.17) is 5.11 Å². The lowest BCUT2D eigenvalue weighted by Crippen LogP contribution is -2.07. The lowest BCUT2D eigenvalue weighted by atomic mass is 10.2. The minimum Gasteiger partial charge on any atom is -0.478 e. The van der Waals surface area contributed by atoms with Crippen molar-refractivity contribution in [1.29, 1.82) is 0 Å². The summed E-state index contributed by atoms with van der Waals surface area (Å²) in [7, 11) is 0. The third kappa shape index (κ3) is 2.72. The fourth-order valence-electron chi connectivity index (χ4n) is 2.26. The number of hydrogen-bond donors (Lipinski definition) is 3. The van der Waals surface area contributed by atoms with Crippen LogP contribution in [0.1, 0.15) is 21.7 Å². The molecule has 0 spiro atoms. The summed E-state index contributed by atoms with van der Waals surface area (Å²) in [4.78, 5) is 18.9. The highest BCUT2D eigenvalue weighted by atomic mass is 16.4. The third-order valence-electron chi connectivity index (χ3n) is 3.29. The fourth-order valence-corrected chi connectivity index (χ4v) is 2.26. The van der Waals surface area contributed by atoms with Crippen LogP contribution in [0.25, 0.3) is 11.0 Å². The van der Waals surface area contributed by atoms with Gasteiger partial charge in [-0.1, -0.05) is 18.2 Å². The number of H-pyrrole nitrogens is 1. The molecule has 0 saturated heterocycles. The molecule has 106 valence electrons. The van der Waals surface area contributed by atoms with Crippen LogP contribution in [-0.2, 0) is 6.54 Å². The van der Waals surface area contributed by atoms with Crippen molar-refractivity contribution in [3.05, 3.63) is 59.4 Å². The minimum absolute atomic E-state index is 0.254. The second kappa shape index (κ2) is 5.28. The molecule has 0 aliphatic carbocycles. The molecule has 5 heteroatoms. The zero-order chi connectivity index (χ0) is 14.8. The van der Waals surface area contributed by atoms with Gasteiger partial charge in [0.25, 0.3) is 0 Å². The lowest BCUT2D eigenvalue weighted by Gasteiger charge is -2.07. The molecule has 0 aliphatic rings. The number of hydrogen-bond acceptors (Lipinski definition) is 3. The Hall–Kier alpha value is -2.82. The Balaban J connectivity index is 1.82. The molecule has 21 heavy (non-hydrogen) atoms. The Morgan fingerprint density at radius 3 is 2.90 bits per heavy atom. The van der Waals surface area contributed by atoms with Crippen LogP contribution < -0.4 is 5.32 Å². The normalized spacial score (nSPS) is 10.7. The highest BCUT2D eigenvalue weighted by Crippen LogP contribution is 2.17. The summed E-state index contributed by atoms with van der Waals surface area (Å²) >= 11 is 0. The summed E-state index contributed by atoms with van der Waals surface area (Å²) in [6, 6.07) is 12.9. The first-order valence-electron chi connectivity index (χ1n) is 6.65. The van der Waals surface area contributed by atoms with Crippen LogP contribution in [0.2, 0.25) is 0 Å². The van der Waals surface area contributed by atoms with Crippen LogP contribution >= 0.6 is 0 Å². The van der Waals surface area contributed by atoms with Gasteiger partial charge in [0.1, 0.15) is 5.82 Å². The number of nitrogens with zero attached hydrogens (tertiary/aromatic N) is 1. The third-order valence-corrected chi connectivity index (χ3v) is 3.29. The number of carboxylic acid groups (broad SMARTS) is 1. The van der Waals surface area contributed by atoms with E-state index >= 15 is 0 Å². The van der Waals surface area contributed by atoms with Crippen LogP contribution in [0, 0.1) is 6.92 Å². The van der Waals surface area contributed by atoms with Crippen LogP contribution in [-0.4, -0.2) is 21.0 Å². The van der Waals surface area contributed by atoms with Crippen molar-refractivity contribution in [3.8, 4) is 0 Å². The number of aromatic carboxylic acids is 1. The van der Waals surface area contributed by atoms with E-state index in [1.807, 2.05) is 25.1 Å². The first-order valence-corrected chi connectivity index (χ1v) is 6.65. The topological polar surface area (TPSA) is 78.0 Å². The van der Waals surface area contributed by atoms with Gasteiger partial charge < -0.3 is 15.4 Å². The standard InChI is InChI=1S/C16H15N3O2/c1-10-6-7-13-14(8-10)19-15(18-13)9-17-12-5-3-2-4-11(12)16(20)21/h2-8,17H,9H2,1H3,(H,18,19)(H,20,21). The molecule has 0 bridgehead atoms. The average molecular weight is 281 g/mol. The Morgan fingerprint density at radius 2 is 2.10 bits per heavy atom. The molecule has 3 N–H and O–H groups in total. The van der Waals surface area contributed by atoms with E-state index in [2.05, 4.69) is 15.3 Å². The van der Waals surface area contributed by atoms with Gasteiger partial charge in [0.15, 0.2) is 0 Å². The number of nitrogens with one attached hydrogen (secondary N) is 2. The number of aryl methyl sites for hydroxylation is 1. The van der Waals surface area contributed by atoms with Crippen LogP contribution in [0.3, 0.4) is 0 Å². The van der Waals surface area contributed by atoms with Crippen LogP contribution in [0.5, 0.6) is 0 Å². The molecule has 0 radical (unpaired) electrons. The van der Waals surface area contributed by atoms with Crippen molar-refractivity contribution < 1.29 is 9.90 Å². The molecule has 3 rings (SSSR count). The van der Waals surface area contributed by atoms with Gasteiger partial charge in [0.05, 0.1) is 23.1 Å². The Bertz CT molecular complexity index is 808. The maximum atomic E-state index is 11.1. The van der Waals surface area contributed by atoms with E-state index in [-0.39, 0.29) is 5.56 Å². The van der Waals surface area contributed by atoms with Gasteiger partial charge in [-0.25, -0.2) is 9.78 Å². The van der Waals surface area contributed by atoms with Crippen molar-refractivity contribution in [2.45, 2.75) is 13.5 Å². The van der Waals surface area contributed by atoms with Gasteiger partial charge in [-0.2, -0.15) is 0 Å². The molecular weight excluding hydrogens is 266 g/mol. The number of aromatic amines is 1. The highest BCUT2D eigenvalue weighted by molar-refractivity contribution is 5.94. The molecule has 0 fully saturated rings. The largest absolute Gasteiger partial charge is 0.478 e. The van der Waals surface area contributed by atoms with E-state index in [0.717, 1.165) is 16.9 Å². The number of para-hydroxylation sites is 1. The summed E-state index contributed by atoms with van der Waals surface area (Å²) in [5, 5.41) is 12.3. The summed E-state index contributed by atoms with van der Waals surface area (Å²) in [5.41, 5.74) is 3.90. The predicted molar refractivity (Wildman–Crippen MR) is 81.6 cm³/mol. The van der Waals surface area contributed by atoms with Crippen LogP contribution in [0.15, 0.2) is 42.5 Å². The molecule has 0 aliphatic heterocycles. The number of aromatic nitrogens is 2. The first-order chi connectivity index (χ1) is 10.1. The summed E-state index contributed by atoms with van der Waals surface area (Å²) < 4.78 is 0. The molecular formula is C16H15N3O2. The average Bonchev–Trinajstić information content (AvgIpc) is 2.87.